The molecular formula is C15H14FN3OS. The number of hydrogen-bond donors (Lipinski definition) is 1. The maximum atomic E-state index is 13.7. The first-order chi connectivity index (χ1) is 10.2. The highest BCUT2D eigenvalue weighted by Crippen LogP contribution is 2.49. The number of benzene rings is 1. The molecule has 2 atom stereocenters. The van der Waals surface area contributed by atoms with Gasteiger partial charge in [0.15, 0.2) is 0 Å². The number of nitrogens with zero attached hydrogens (tertiary/aromatic N) is 2. The van der Waals surface area contributed by atoms with E-state index in [1.165, 1.54) is 30.2 Å². The summed E-state index contributed by atoms with van der Waals surface area (Å²) in [6.45, 7) is 0. The molecule has 1 N–H and O–H groups in total. The zero-order valence-corrected chi connectivity index (χ0v) is 12.1. The molecule has 4 nitrogen and oxygen atoms in total. The predicted octanol–water partition coefficient (Wildman–Crippen LogP) is 3.30. The SMILES string of the molecule is O=C(Nc1nnc(C2CC2)s1)[C@@H]1C[C@@H]1c1ccccc1F. The molecule has 21 heavy (non-hydrogen) atoms. The number of carbonyl (C=O) groups is 1. The van der Waals surface area contributed by atoms with Crippen molar-refractivity contribution >= 4 is 22.4 Å². The van der Waals surface area contributed by atoms with Crippen molar-refractivity contribution < 1.29 is 9.18 Å². The predicted molar refractivity (Wildman–Crippen MR) is 77.8 cm³/mol. The van der Waals surface area contributed by atoms with E-state index in [9.17, 15) is 9.18 Å². The monoisotopic (exact) mass is 303 g/mol. The lowest BCUT2D eigenvalue weighted by Crippen LogP contribution is -2.14. The summed E-state index contributed by atoms with van der Waals surface area (Å²) in [4.78, 5) is 12.2. The smallest absolute Gasteiger partial charge is 0.229 e. The molecule has 0 saturated heterocycles. The normalized spacial score (nSPS) is 23.9. The topological polar surface area (TPSA) is 54.9 Å². The van der Waals surface area contributed by atoms with Crippen molar-refractivity contribution in [2.24, 2.45) is 5.92 Å². The zero-order valence-electron chi connectivity index (χ0n) is 11.3. The summed E-state index contributed by atoms with van der Waals surface area (Å²) in [5, 5.41) is 12.5. The van der Waals surface area contributed by atoms with Crippen LogP contribution >= 0.6 is 11.3 Å². The number of aromatic nitrogens is 2. The number of anilines is 1. The number of amides is 1. The van der Waals surface area contributed by atoms with E-state index in [1.807, 2.05) is 0 Å². The number of rotatable bonds is 4. The molecule has 4 rings (SSSR count). The minimum atomic E-state index is -0.232. The summed E-state index contributed by atoms with van der Waals surface area (Å²) in [7, 11) is 0. The molecule has 1 amide bonds. The summed E-state index contributed by atoms with van der Waals surface area (Å²) in [6.07, 6.45) is 3.03. The van der Waals surface area contributed by atoms with Gasteiger partial charge in [0.2, 0.25) is 11.0 Å². The molecule has 1 heterocycles. The third-order valence-corrected chi connectivity index (χ3v) is 5.03. The highest BCUT2D eigenvalue weighted by Gasteiger charge is 2.45. The van der Waals surface area contributed by atoms with Crippen LogP contribution in [0.5, 0.6) is 0 Å². The lowest BCUT2D eigenvalue weighted by molar-refractivity contribution is -0.117. The first kappa shape index (κ1) is 12.9. The van der Waals surface area contributed by atoms with Crippen LogP contribution in [0, 0.1) is 11.7 Å². The van der Waals surface area contributed by atoms with Crippen molar-refractivity contribution in [3.05, 3.63) is 40.7 Å². The van der Waals surface area contributed by atoms with E-state index >= 15 is 0 Å². The number of nitrogens with one attached hydrogen (secondary N) is 1. The van der Waals surface area contributed by atoms with Crippen LogP contribution in [0.1, 0.15) is 41.7 Å². The quantitative estimate of drug-likeness (QED) is 0.943. The van der Waals surface area contributed by atoms with Crippen LogP contribution < -0.4 is 5.32 Å². The highest BCUT2D eigenvalue weighted by atomic mass is 32.1. The van der Waals surface area contributed by atoms with Gasteiger partial charge in [-0.1, -0.05) is 29.5 Å². The second-order valence-corrected chi connectivity index (χ2v) is 6.69. The van der Waals surface area contributed by atoms with Gasteiger partial charge in [0.05, 0.1) is 0 Å². The van der Waals surface area contributed by atoms with Crippen LogP contribution in [0.25, 0.3) is 0 Å². The minimum Gasteiger partial charge on any atom is -0.300 e. The third-order valence-electron chi connectivity index (χ3n) is 4.03. The fraction of sp³-hybridized carbons (Fsp3) is 0.400. The molecule has 2 aliphatic carbocycles. The standard InChI is InChI=1S/C15H14FN3OS/c16-12-4-2-1-3-9(12)10-7-11(10)13(20)17-15-19-18-14(21-15)8-5-6-8/h1-4,8,10-11H,5-7H2,(H,17,19,20)/t10-,11-/m1/s1. The fourth-order valence-corrected chi connectivity index (χ4v) is 3.50. The molecular weight excluding hydrogens is 289 g/mol. The van der Waals surface area contributed by atoms with Crippen LogP contribution in [-0.2, 0) is 4.79 Å². The van der Waals surface area contributed by atoms with Crippen LogP contribution in [0.2, 0.25) is 0 Å². The van der Waals surface area contributed by atoms with Crippen molar-refractivity contribution in [1.82, 2.24) is 10.2 Å². The van der Waals surface area contributed by atoms with Crippen molar-refractivity contribution in [2.45, 2.75) is 31.1 Å². The molecule has 0 spiro atoms. The molecule has 0 unspecified atom stereocenters. The van der Waals surface area contributed by atoms with Gasteiger partial charge in [-0.3, -0.25) is 4.79 Å². The Bertz CT molecular complexity index is 698. The van der Waals surface area contributed by atoms with Crippen LogP contribution in [-0.4, -0.2) is 16.1 Å². The Labute approximate surface area is 125 Å². The van der Waals surface area contributed by atoms with E-state index in [1.54, 1.807) is 18.2 Å². The zero-order chi connectivity index (χ0) is 14.4. The second-order valence-electron chi connectivity index (χ2n) is 5.68. The first-order valence-corrected chi connectivity index (χ1v) is 7.92. The maximum absolute atomic E-state index is 13.7. The van der Waals surface area contributed by atoms with Crippen molar-refractivity contribution in [1.29, 1.82) is 0 Å². The molecule has 2 aliphatic rings. The van der Waals surface area contributed by atoms with Crippen molar-refractivity contribution in [3.8, 4) is 0 Å². The maximum Gasteiger partial charge on any atom is 0.229 e. The minimum absolute atomic E-state index is 0.0120. The fourth-order valence-electron chi connectivity index (χ4n) is 2.58. The third kappa shape index (κ3) is 2.55. The Morgan fingerprint density at radius 3 is 2.86 bits per heavy atom. The van der Waals surface area contributed by atoms with E-state index < -0.39 is 0 Å². The number of carbonyl (C=O) groups excluding carboxylic acids is 1. The molecule has 2 fully saturated rings. The van der Waals surface area contributed by atoms with Crippen LogP contribution in [0.4, 0.5) is 9.52 Å². The summed E-state index contributed by atoms with van der Waals surface area (Å²) in [6, 6.07) is 6.66. The summed E-state index contributed by atoms with van der Waals surface area (Å²) in [5.74, 6) is 0.0592. The average molecular weight is 303 g/mol. The molecule has 6 heteroatoms. The van der Waals surface area contributed by atoms with Crippen LogP contribution in [0.15, 0.2) is 24.3 Å². The largest absolute Gasteiger partial charge is 0.300 e. The summed E-state index contributed by atoms with van der Waals surface area (Å²) < 4.78 is 13.7. The van der Waals surface area contributed by atoms with Crippen molar-refractivity contribution in [2.75, 3.05) is 5.32 Å². The lowest BCUT2D eigenvalue weighted by Gasteiger charge is -2.02. The van der Waals surface area contributed by atoms with Crippen LogP contribution in [0.3, 0.4) is 0 Å². The Kier molecular flexibility index (Phi) is 2.99. The van der Waals surface area contributed by atoms with Gasteiger partial charge < -0.3 is 5.32 Å². The molecule has 0 bridgehead atoms. The molecule has 0 radical (unpaired) electrons. The molecule has 108 valence electrons. The number of halogens is 1. The second kappa shape index (κ2) is 4.87. The lowest BCUT2D eigenvalue weighted by atomic mass is 10.1. The van der Waals surface area contributed by atoms with Gasteiger partial charge in [-0.15, -0.1) is 10.2 Å². The molecule has 2 saturated carbocycles. The first-order valence-electron chi connectivity index (χ1n) is 7.11. The van der Waals surface area contributed by atoms with E-state index in [-0.39, 0.29) is 23.6 Å². The molecule has 1 aromatic heterocycles. The summed E-state index contributed by atoms with van der Waals surface area (Å²) >= 11 is 1.45. The van der Waals surface area contributed by atoms with E-state index in [4.69, 9.17) is 0 Å². The number of hydrogen-bond acceptors (Lipinski definition) is 4. The summed E-state index contributed by atoms with van der Waals surface area (Å²) in [5.41, 5.74) is 0.633. The van der Waals surface area contributed by atoms with Gasteiger partial charge in [0.25, 0.3) is 0 Å². The van der Waals surface area contributed by atoms with Gasteiger partial charge in [-0.2, -0.15) is 0 Å². The Balaban J connectivity index is 1.41. The van der Waals surface area contributed by atoms with E-state index in [0.717, 1.165) is 5.01 Å². The Morgan fingerprint density at radius 1 is 1.29 bits per heavy atom. The van der Waals surface area contributed by atoms with Gasteiger partial charge in [-0.25, -0.2) is 4.39 Å². The van der Waals surface area contributed by atoms with Gasteiger partial charge in [0.1, 0.15) is 10.8 Å². The van der Waals surface area contributed by atoms with E-state index in [0.29, 0.717) is 23.0 Å². The molecule has 2 aromatic rings. The van der Waals surface area contributed by atoms with Crippen molar-refractivity contribution in [3.63, 3.8) is 0 Å². The van der Waals surface area contributed by atoms with E-state index in [2.05, 4.69) is 15.5 Å². The van der Waals surface area contributed by atoms with Gasteiger partial charge >= 0.3 is 0 Å². The van der Waals surface area contributed by atoms with Gasteiger partial charge in [0, 0.05) is 11.8 Å². The molecule has 1 aromatic carbocycles. The highest BCUT2D eigenvalue weighted by molar-refractivity contribution is 7.15. The average Bonchev–Trinajstić information content (AvgIpc) is 3.39. The van der Waals surface area contributed by atoms with Gasteiger partial charge in [-0.05, 0) is 36.8 Å². The molecule has 0 aliphatic heterocycles. The Morgan fingerprint density at radius 2 is 2.10 bits per heavy atom. The Hall–Kier alpha value is -1.82.